The molecule has 0 bridgehead atoms. The van der Waals surface area contributed by atoms with Gasteiger partial charge in [-0.15, -0.1) is 11.3 Å². The van der Waals surface area contributed by atoms with Crippen molar-refractivity contribution in [3.63, 3.8) is 0 Å². The number of aromatic nitrogens is 3. The number of nitrogens with zero attached hydrogens (tertiary/aromatic N) is 3. The van der Waals surface area contributed by atoms with Crippen LogP contribution < -0.4 is 10.9 Å². The first kappa shape index (κ1) is 20.5. The van der Waals surface area contributed by atoms with Crippen molar-refractivity contribution in [2.45, 2.75) is 31.6 Å². The van der Waals surface area contributed by atoms with Crippen molar-refractivity contribution >= 4 is 49.4 Å². The molecule has 0 saturated heterocycles. The van der Waals surface area contributed by atoms with Crippen molar-refractivity contribution in [2.75, 3.05) is 5.75 Å². The van der Waals surface area contributed by atoms with Crippen LogP contribution >= 0.6 is 23.1 Å². The van der Waals surface area contributed by atoms with Gasteiger partial charge in [-0.25, -0.2) is 14.4 Å². The Bertz CT molecular complexity index is 1280. The van der Waals surface area contributed by atoms with E-state index in [4.69, 9.17) is 4.98 Å². The number of nitrogens with one attached hydrogen (secondary N) is 1. The van der Waals surface area contributed by atoms with E-state index < -0.39 is 0 Å². The lowest BCUT2D eigenvalue weighted by atomic mass is 10.2. The average Bonchev–Trinajstić information content (AvgIpc) is 3.09. The normalized spacial score (nSPS) is 11.5. The zero-order valence-corrected chi connectivity index (χ0v) is 18.0. The first-order valence-corrected chi connectivity index (χ1v) is 11.2. The molecular weight excluding hydrogens is 423 g/mol. The van der Waals surface area contributed by atoms with E-state index in [0.717, 1.165) is 15.8 Å². The van der Waals surface area contributed by atoms with Crippen molar-refractivity contribution < 1.29 is 9.18 Å². The topological polar surface area (TPSA) is 76.9 Å². The summed E-state index contributed by atoms with van der Waals surface area (Å²) in [5.41, 5.74) is 1.17. The Morgan fingerprint density at radius 3 is 2.77 bits per heavy atom. The number of carbonyl (C=O) groups is 1. The zero-order valence-electron chi connectivity index (χ0n) is 16.4. The number of thioether (sulfide) groups is 1. The molecule has 0 radical (unpaired) electrons. The number of halogens is 1. The van der Waals surface area contributed by atoms with Gasteiger partial charge in [-0.05, 0) is 43.7 Å². The lowest BCUT2D eigenvalue weighted by Crippen LogP contribution is -2.32. The smallest absolute Gasteiger partial charge is 0.272 e. The van der Waals surface area contributed by atoms with Crippen LogP contribution in [0, 0.1) is 5.82 Å². The molecule has 0 aliphatic rings. The van der Waals surface area contributed by atoms with Crippen LogP contribution in [0.5, 0.6) is 0 Å². The molecule has 0 fully saturated rings. The van der Waals surface area contributed by atoms with Crippen molar-refractivity contribution in [3.8, 4) is 0 Å². The molecule has 30 heavy (non-hydrogen) atoms. The van der Waals surface area contributed by atoms with Crippen molar-refractivity contribution in [1.82, 2.24) is 19.9 Å². The monoisotopic (exact) mass is 442 g/mol. The van der Waals surface area contributed by atoms with E-state index in [1.54, 1.807) is 18.3 Å². The molecule has 1 amide bonds. The van der Waals surface area contributed by atoms with Crippen LogP contribution in [0.25, 0.3) is 20.4 Å². The van der Waals surface area contributed by atoms with Crippen LogP contribution in [0.4, 0.5) is 4.39 Å². The van der Waals surface area contributed by atoms with E-state index in [0.29, 0.717) is 15.4 Å². The van der Waals surface area contributed by atoms with E-state index >= 15 is 0 Å². The maximum atomic E-state index is 13.3. The number of thiophene rings is 1. The molecule has 0 atom stereocenters. The Morgan fingerprint density at radius 2 is 2.03 bits per heavy atom. The number of fused-ring (bicyclic) bond motifs is 3. The molecule has 1 N–H and O–H groups in total. The number of amides is 1. The van der Waals surface area contributed by atoms with Gasteiger partial charge in [0.05, 0.1) is 17.8 Å². The molecule has 154 valence electrons. The van der Waals surface area contributed by atoms with Gasteiger partial charge in [-0.1, -0.05) is 23.9 Å². The highest BCUT2D eigenvalue weighted by Gasteiger charge is 2.18. The van der Waals surface area contributed by atoms with Gasteiger partial charge in [0, 0.05) is 17.6 Å². The van der Waals surface area contributed by atoms with Crippen LogP contribution in [-0.4, -0.2) is 32.2 Å². The Labute approximate surface area is 180 Å². The van der Waals surface area contributed by atoms with Gasteiger partial charge < -0.3 is 5.32 Å². The predicted molar refractivity (Wildman–Crippen MR) is 119 cm³/mol. The minimum atomic E-state index is -0.338. The SMILES string of the molecule is CC(C)NC(=O)CSc1nc2c(sc3ncccc32)c(=O)n1Cc1ccc(F)cc1. The minimum Gasteiger partial charge on any atom is -0.353 e. The first-order chi connectivity index (χ1) is 14.4. The molecule has 0 unspecified atom stereocenters. The molecule has 0 aliphatic heterocycles. The maximum Gasteiger partial charge on any atom is 0.272 e. The molecule has 0 spiro atoms. The maximum absolute atomic E-state index is 13.3. The summed E-state index contributed by atoms with van der Waals surface area (Å²) in [6.45, 7) is 4.02. The number of pyridine rings is 1. The Balaban J connectivity index is 1.80. The standard InChI is InChI=1S/C21H19FN4O2S2/c1-12(2)24-16(27)11-29-21-25-17-15-4-3-9-23-19(15)30-18(17)20(28)26(21)10-13-5-7-14(22)8-6-13/h3-9,12H,10-11H2,1-2H3,(H,24,27). The van der Waals surface area contributed by atoms with Crippen LogP contribution in [0.2, 0.25) is 0 Å². The summed E-state index contributed by atoms with van der Waals surface area (Å²) in [6.07, 6.45) is 1.68. The highest BCUT2D eigenvalue weighted by molar-refractivity contribution is 7.99. The molecule has 3 aromatic heterocycles. The molecule has 1 aromatic carbocycles. The quantitative estimate of drug-likeness (QED) is 0.363. The van der Waals surface area contributed by atoms with Gasteiger partial charge in [-0.2, -0.15) is 0 Å². The summed E-state index contributed by atoms with van der Waals surface area (Å²) in [5, 5.41) is 4.10. The number of carbonyl (C=O) groups excluding carboxylic acids is 1. The summed E-state index contributed by atoms with van der Waals surface area (Å²) >= 11 is 2.51. The Kier molecular flexibility index (Phi) is 5.83. The van der Waals surface area contributed by atoms with Crippen molar-refractivity contribution in [2.24, 2.45) is 0 Å². The lowest BCUT2D eigenvalue weighted by Gasteiger charge is -2.13. The molecule has 6 nitrogen and oxygen atoms in total. The van der Waals surface area contributed by atoms with Crippen LogP contribution in [-0.2, 0) is 11.3 Å². The number of benzene rings is 1. The summed E-state index contributed by atoms with van der Waals surface area (Å²) in [5.74, 6) is -0.329. The highest BCUT2D eigenvalue weighted by atomic mass is 32.2. The second kappa shape index (κ2) is 8.53. The zero-order chi connectivity index (χ0) is 21.3. The summed E-state index contributed by atoms with van der Waals surface area (Å²) in [4.78, 5) is 35.3. The largest absolute Gasteiger partial charge is 0.353 e. The fourth-order valence-corrected chi connectivity index (χ4v) is 4.89. The third-order valence-corrected chi connectivity index (χ3v) is 6.42. The van der Waals surface area contributed by atoms with Gasteiger partial charge in [0.1, 0.15) is 15.3 Å². The molecule has 0 saturated carbocycles. The molecule has 4 aromatic rings. The van der Waals surface area contributed by atoms with Gasteiger partial charge in [-0.3, -0.25) is 14.2 Å². The van der Waals surface area contributed by atoms with E-state index in [1.165, 1.54) is 39.8 Å². The fourth-order valence-electron chi connectivity index (χ4n) is 3.06. The average molecular weight is 443 g/mol. The third kappa shape index (κ3) is 4.22. The van der Waals surface area contributed by atoms with Crippen LogP contribution in [0.1, 0.15) is 19.4 Å². The molecule has 3 heterocycles. The Morgan fingerprint density at radius 1 is 1.27 bits per heavy atom. The summed E-state index contributed by atoms with van der Waals surface area (Å²) in [7, 11) is 0. The summed E-state index contributed by atoms with van der Waals surface area (Å²) < 4.78 is 15.3. The van der Waals surface area contributed by atoms with E-state index in [9.17, 15) is 14.0 Å². The van der Waals surface area contributed by atoms with Crippen molar-refractivity contribution in [1.29, 1.82) is 0 Å². The molecule has 4 rings (SSSR count). The first-order valence-electron chi connectivity index (χ1n) is 9.37. The predicted octanol–water partition coefficient (Wildman–Crippen LogP) is 3.81. The van der Waals surface area contributed by atoms with Gasteiger partial charge in [0.25, 0.3) is 5.56 Å². The fraction of sp³-hybridized carbons (Fsp3) is 0.238. The lowest BCUT2D eigenvalue weighted by molar-refractivity contribution is -0.119. The number of rotatable bonds is 6. The van der Waals surface area contributed by atoms with Crippen LogP contribution in [0.3, 0.4) is 0 Å². The van der Waals surface area contributed by atoms with E-state index in [2.05, 4.69) is 10.3 Å². The van der Waals surface area contributed by atoms with E-state index in [1.807, 2.05) is 26.0 Å². The van der Waals surface area contributed by atoms with Gasteiger partial charge in [0.2, 0.25) is 5.91 Å². The molecule has 0 aliphatic carbocycles. The molecule has 9 heteroatoms. The second-order valence-electron chi connectivity index (χ2n) is 7.06. The highest BCUT2D eigenvalue weighted by Crippen LogP contribution is 2.30. The molecular formula is C21H19FN4O2S2. The summed E-state index contributed by atoms with van der Waals surface area (Å²) in [6, 6.07) is 9.72. The van der Waals surface area contributed by atoms with E-state index in [-0.39, 0.29) is 35.6 Å². The van der Waals surface area contributed by atoms with Crippen molar-refractivity contribution in [3.05, 3.63) is 64.3 Å². The van der Waals surface area contributed by atoms with Crippen LogP contribution in [0.15, 0.2) is 52.5 Å². The van der Waals surface area contributed by atoms with Gasteiger partial charge in [0.15, 0.2) is 5.16 Å². The number of hydrogen-bond acceptors (Lipinski definition) is 6. The number of hydrogen-bond donors (Lipinski definition) is 1. The van der Waals surface area contributed by atoms with Gasteiger partial charge >= 0.3 is 0 Å². The Hall–Kier alpha value is -2.78. The third-order valence-electron chi connectivity index (χ3n) is 4.35. The second-order valence-corrected chi connectivity index (χ2v) is 9.00. The minimum absolute atomic E-state index is 0.0295.